The van der Waals surface area contributed by atoms with Gasteiger partial charge in [-0.15, -0.1) is 0 Å². The molecule has 1 aromatic carbocycles. The highest BCUT2D eigenvalue weighted by atomic mass is 31.2. The van der Waals surface area contributed by atoms with Gasteiger partial charge in [0, 0.05) is 0 Å². The summed E-state index contributed by atoms with van der Waals surface area (Å²) in [6.45, 7) is 3.36. The van der Waals surface area contributed by atoms with Crippen molar-refractivity contribution >= 4 is 13.7 Å². The topological polar surface area (TPSA) is 94.1 Å². The molecule has 8 heteroatoms. The standard InChI is InChI=1S/C14H22NO6P/c1-3-20-22(18,21-4-2)13(16)10-15-14(17)19-11-12-8-6-5-7-9-12/h5-9,13,16H,3-4,10-11H2,1-2H3,(H,15,17). The molecular formula is C14H22NO6P. The third-order valence-electron chi connectivity index (χ3n) is 2.62. The summed E-state index contributed by atoms with van der Waals surface area (Å²) in [6, 6.07) is 9.17. The number of aliphatic hydroxyl groups excluding tert-OH is 1. The lowest BCUT2D eigenvalue weighted by molar-refractivity contribution is 0.125. The van der Waals surface area contributed by atoms with E-state index in [1.807, 2.05) is 30.3 Å². The van der Waals surface area contributed by atoms with Crippen LogP contribution in [-0.2, 0) is 25.0 Å². The number of alkyl carbamates (subject to hydrolysis) is 1. The summed E-state index contributed by atoms with van der Waals surface area (Å²) in [7, 11) is -3.66. The van der Waals surface area contributed by atoms with Gasteiger partial charge in [0.05, 0.1) is 19.8 Å². The van der Waals surface area contributed by atoms with E-state index in [2.05, 4.69) is 5.32 Å². The number of ether oxygens (including phenoxy) is 1. The number of hydrogen-bond acceptors (Lipinski definition) is 6. The van der Waals surface area contributed by atoms with Crippen molar-refractivity contribution in [2.75, 3.05) is 19.8 Å². The van der Waals surface area contributed by atoms with E-state index in [0.29, 0.717) is 0 Å². The first-order chi connectivity index (χ1) is 10.5. The monoisotopic (exact) mass is 331 g/mol. The van der Waals surface area contributed by atoms with Crippen molar-refractivity contribution < 1.29 is 28.3 Å². The predicted molar refractivity (Wildman–Crippen MR) is 81.5 cm³/mol. The summed E-state index contributed by atoms with van der Waals surface area (Å²) >= 11 is 0. The van der Waals surface area contributed by atoms with Crippen LogP contribution in [0.15, 0.2) is 30.3 Å². The normalized spacial score (nSPS) is 12.7. The fourth-order valence-corrected chi connectivity index (χ4v) is 3.08. The molecule has 0 radical (unpaired) electrons. The summed E-state index contributed by atoms with van der Waals surface area (Å²) in [5.74, 6) is -1.45. The van der Waals surface area contributed by atoms with E-state index in [0.717, 1.165) is 5.56 Å². The minimum absolute atomic E-state index is 0.108. The van der Waals surface area contributed by atoms with Crippen molar-refractivity contribution in [1.82, 2.24) is 5.32 Å². The zero-order valence-electron chi connectivity index (χ0n) is 12.7. The lowest BCUT2D eigenvalue weighted by Crippen LogP contribution is -2.33. The Bertz CT molecular complexity index is 485. The highest BCUT2D eigenvalue weighted by Gasteiger charge is 2.34. The Hall–Kier alpha value is -1.40. The van der Waals surface area contributed by atoms with Crippen LogP contribution in [0.3, 0.4) is 0 Å². The first-order valence-electron chi connectivity index (χ1n) is 7.03. The van der Waals surface area contributed by atoms with Gasteiger partial charge >= 0.3 is 13.7 Å². The first-order valence-corrected chi connectivity index (χ1v) is 8.64. The molecule has 0 saturated heterocycles. The van der Waals surface area contributed by atoms with Crippen molar-refractivity contribution in [3.8, 4) is 0 Å². The second kappa shape index (κ2) is 9.58. The largest absolute Gasteiger partial charge is 0.445 e. The van der Waals surface area contributed by atoms with Crippen LogP contribution in [0.4, 0.5) is 4.79 Å². The zero-order valence-corrected chi connectivity index (χ0v) is 13.6. The van der Waals surface area contributed by atoms with Crippen LogP contribution >= 0.6 is 7.60 Å². The highest BCUT2D eigenvalue weighted by molar-refractivity contribution is 7.54. The molecule has 0 aliphatic carbocycles. The molecule has 124 valence electrons. The van der Waals surface area contributed by atoms with E-state index < -0.39 is 19.5 Å². The lowest BCUT2D eigenvalue weighted by Gasteiger charge is -2.22. The van der Waals surface area contributed by atoms with Gasteiger partial charge in [-0.2, -0.15) is 0 Å². The number of nitrogens with one attached hydrogen (secondary N) is 1. The van der Waals surface area contributed by atoms with E-state index in [9.17, 15) is 14.5 Å². The summed E-state index contributed by atoms with van der Waals surface area (Å²) in [5.41, 5.74) is 0.840. The number of amides is 1. The van der Waals surface area contributed by atoms with E-state index in [-0.39, 0.29) is 26.4 Å². The quantitative estimate of drug-likeness (QED) is 0.675. The molecule has 22 heavy (non-hydrogen) atoms. The molecule has 0 aromatic heterocycles. The SMILES string of the molecule is CCOP(=O)(OCC)C(O)CNC(=O)OCc1ccccc1. The highest BCUT2D eigenvalue weighted by Crippen LogP contribution is 2.51. The van der Waals surface area contributed by atoms with E-state index in [1.54, 1.807) is 13.8 Å². The molecule has 7 nitrogen and oxygen atoms in total. The molecule has 2 N–H and O–H groups in total. The molecule has 1 unspecified atom stereocenters. The van der Waals surface area contributed by atoms with Gasteiger partial charge in [0.25, 0.3) is 0 Å². The molecule has 0 aliphatic rings. The van der Waals surface area contributed by atoms with Crippen molar-refractivity contribution in [2.45, 2.75) is 26.3 Å². The molecule has 0 saturated carbocycles. The summed E-state index contributed by atoms with van der Waals surface area (Å²) in [4.78, 5) is 11.5. The smallest absolute Gasteiger partial charge is 0.407 e. The van der Waals surface area contributed by atoms with E-state index in [4.69, 9.17) is 13.8 Å². The number of hydrogen-bond donors (Lipinski definition) is 2. The van der Waals surface area contributed by atoms with Crippen molar-refractivity contribution in [2.24, 2.45) is 0 Å². The third kappa shape index (κ3) is 6.15. The zero-order chi connectivity index (χ0) is 16.4. The van der Waals surface area contributed by atoms with Gasteiger partial charge in [0.1, 0.15) is 6.61 Å². The molecule has 0 spiro atoms. The van der Waals surface area contributed by atoms with Crippen LogP contribution in [0.1, 0.15) is 19.4 Å². The predicted octanol–water partition coefficient (Wildman–Crippen LogP) is 2.50. The van der Waals surface area contributed by atoms with Crippen LogP contribution in [0.25, 0.3) is 0 Å². The van der Waals surface area contributed by atoms with Crippen LogP contribution in [0, 0.1) is 0 Å². The summed E-state index contributed by atoms with van der Waals surface area (Å²) < 4.78 is 27.2. The van der Waals surface area contributed by atoms with Gasteiger partial charge in [-0.1, -0.05) is 30.3 Å². The number of aliphatic hydroxyl groups is 1. The molecule has 1 atom stereocenters. The van der Waals surface area contributed by atoms with Crippen molar-refractivity contribution in [1.29, 1.82) is 0 Å². The number of carbonyl (C=O) groups excluding carboxylic acids is 1. The Morgan fingerprint density at radius 2 is 1.82 bits per heavy atom. The van der Waals surface area contributed by atoms with Gasteiger partial charge in [0.15, 0.2) is 5.85 Å². The maximum Gasteiger partial charge on any atom is 0.407 e. The van der Waals surface area contributed by atoms with Gasteiger partial charge < -0.3 is 24.2 Å². The molecule has 0 bridgehead atoms. The molecule has 1 amide bonds. The number of benzene rings is 1. The second-order valence-corrected chi connectivity index (χ2v) is 6.49. The van der Waals surface area contributed by atoms with Crippen LogP contribution in [0.5, 0.6) is 0 Å². The average Bonchev–Trinajstić information content (AvgIpc) is 2.52. The van der Waals surface area contributed by atoms with Gasteiger partial charge in [-0.05, 0) is 19.4 Å². The molecule has 0 aliphatic heterocycles. The van der Waals surface area contributed by atoms with Crippen LogP contribution in [-0.4, -0.2) is 36.8 Å². The summed E-state index contributed by atoms with van der Waals surface area (Å²) in [6.07, 6.45) is -0.720. The Morgan fingerprint density at radius 3 is 2.36 bits per heavy atom. The van der Waals surface area contributed by atoms with E-state index >= 15 is 0 Å². The first kappa shape index (κ1) is 18.6. The third-order valence-corrected chi connectivity index (χ3v) is 4.77. The Kier molecular flexibility index (Phi) is 8.12. The second-order valence-electron chi connectivity index (χ2n) is 4.30. The lowest BCUT2D eigenvalue weighted by atomic mass is 10.2. The maximum atomic E-state index is 12.2. The number of carbonyl (C=O) groups is 1. The van der Waals surface area contributed by atoms with Crippen molar-refractivity contribution in [3.05, 3.63) is 35.9 Å². The minimum atomic E-state index is -3.66. The summed E-state index contributed by atoms with van der Waals surface area (Å²) in [5, 5.41) is 12.2. The van der Waals surface area contributed by atoms with Gasteiger partial charge in [0.2, 0.25) is 0 Å². The fourth-order valence-electron chi connectivity index (χ4n) is 1.63. The molecule has 1 rings (SSSR count). The molecule has 0 heterocycles. The van der Waals surface area contributed by atoms with Gasteiger partial charge in [-0.25, -0.2) is 4.79 Å². The fraction of sp³-hybridized carbons (Fsp3) is 0.500. The molecular weight excluding hydrogens is 309 g/mol. The minimum Gasteiger partial charge on any atom is -0.445 e. The van der Waals surface area contributed by atoms with Crippen LogP contribution < -0.4 is 5.32 Å². The number of rotatable bonds is 9. The molecule has 1 aromatic rings. The Labute approximate surface area is 130 Å². The maximum absolute atomic E-state index is 12.2. The molecule has 0 fully saturated rings. The Morgan fingerprint density at radius 1 is 1.23 bits per heavy atom. The Balaban J connectivity index is 2.40. The average molecular weight is 331 g/mol. The van der Waals surface area contributed by atoms with Gasteiger partial charge in [-0.3, -0.25) is 4.57 Å². The van der Waals surface area contributed by atoms with Crippen LogP contribution in [0.2, 0.25) is 0 Å². The van der Waals surface area contributed by atoms with E-state index in [1.165, 1.54) is 0 Å². The van der Waals surface area contributed by atoms with Crippen molar-refractivity contribution in [3.63, 3.8) is 0 Å².